The summed E-state index contributed by atoms with van der Waals surface area (Å²) in [6.45, 7) is 0. The molecule has 1 heteroatoms. The van der Waals surface area contributed by atoms with Crippen molar-refractivity contribution >= 4 is 10.9 Å². The molecule has 0 aromatic heterocycles. The minimum Gasteiger partial charge on any atom is -0.0616 e. The molecule has 3 saturated carbocycles. The van der Waals surface area contributed by atoms with Crippen LogP contribution in [-0.4, -0.2) is 0 Å². The number of benzene rings is 3. The minimum absolute atomic E-state index is 0.0543. The highest BCUT2D eigenvalue weighted by molar-refractivity contribution is 7.97. The lowest BCUT2D eigenvalue weighted by Gasteiger charge is -2.28. The Hall–Kier alpha value is -1.99. The standard InChI is InChI=1S/C36H45S/c1-4-16-28(17-5-1)31-22-10-13-25-34(31)37(35-26-14-11-23-32(35)29-18-6-2-7-19-29)36-27-15-12-24-33(36)30-20-8-3-9-21-30/h10-15,22-30H,1-9,16-21H2/q+1. The summed E-state index contributed by atoms with van der Waals surface area (Å²) in [5.74, 6) is 2.18. The predicted octanol–water partition coefficient (Wildman–Crippen LogP) is 10.9. The van der Waals surface area contributed by atoms with E-state index in [1.54, 1.807) is 31.4 Å². The zero-order valence-electron chi connectivity index (χ0n) is 22.7. The van der Waals surface area contributed by atoms with Crippen molar-refractivity contribution in [2.45, 2.75) is 129 Å². The molecule has 37 heavy (non-hydrogen) atoms. The molecule has 0 spiro atoms. The second kappa shape index (κ2) is 12.2. The van der Waals surface area contributed by atoms with Gasteiger partial charge in [-0.2, -0.15) is 0 Å². The lowest BCUT2D eigenvalue weighted by molar-refractivity contribution is 0.437. The fourth-order valence-electron chi connectivity index (χ4n) is 7.61. The first-order valence-corrected chi connectivity index (χ1v) is 16.6. The van der Waals surface area contributed by atoms with Crippen LogP contribution in [0.15, 0.2) is 87.5 Å². The molecular formula is C36H45S+. The molecule has 0 nitrogen and oxygen atoms in total. The number of hydrogen-bond acceptors (Lipinski definition) is 0. The highest BCUT2D eigenvalue weighted by atomic mass is 32.2. The summed E-state index contributed by atoms with van der Waals surface area (Å²) >= 11 is 0. The van der Waals surface area contributed by atoms with E-state index in [2.05, 4.69) is 72.8 Å². The second-order valence-electron chi connectivity index (χ2n) is 11.9. The Kier molecular flexibility index (Phi) is 8.37. The average molecular weight is 510 g/mol. The molecule has 3 aliphatic carbocycles. The van der Waals surface area contributed by atoms with Crippen molar-refractivity contribution < 1.29 is 0 Å². The van der Waals surface area contributed by atoms with Gasteiger partial charge in [0.25, 0.3) is 0 Å². The Bertz CT molecular complexity index is 998. The van der Waals surface area contributed by atoms with Crippen LogP contribution in [0.3, 0.4) is 0 Å². The monoisotopic (exact) mass is 509 g/mol. The molecule has 0 heterocycles. The maximum absolute atomic E-state index is 2.52. The SMILES string of the molecule is c1ccc([S+](c2ccccc2C2CCCCC2)c2ccccc2C2CCCCC2)c(C2CCCCC2)c1. The molecule has 3 fully saturated rings. The molecule has 0 radical (unpaired) electrons. The maximum atomic E-state index is 2.52. The van der Waals surface area contributed by atoms with E-state index in [1.165, 1.54) is 96.3 Å². The zero-order valence-corrected chi connectivity index (χ0v) is 23.5. The van der Waals surface area contributed by atoms with Gasteiger partial charge in [0.2, 0.25) is 0 Å². The summed E-state index contributed by atoms with van der Waals surface area (Å²) < 4.78 is 0. The maximum Gasteiger partial charge on any atom is 0.170 e. The van der Waals surface area contributed by atoms with Crippen LogP contribution in [-0.2, 0) is 10.9 Å². The van der Waals surface area contributed by atoms with Crippen molar-refractivity contribution in [3.05, 3.63) is 89.5 Å². The Morgan fingerprint density at radius 3 is 0.919 bits per heavy atom. The summed E-state index contributed by atoms with van der Waals surface area (Å²) in [4.78, 5) is 4.88. The van der Waals surface area contributed by atoms with Crippen molar-refractivity contribution in [3.8, 4) is 0 Å². The van der Waals surface area contributed by atoms with E-state index in [4.69, 9.17) is 0 Å². The summed E-state index contributed by atoms with van der Waals surface area (Å²) in [6, 6.07) is 29.0. The van der Waals surface area contributed by atoms with E-state index in [1.807, 2.05) is 0 Å². The van der Waals surface area contributed by atoms with Crippen LogP contribution < -0.4 is 0 Å². The van der Waals surface area contributed by atoms with E-state index in [9.17, 15) is 0 Å². The van der Waals surface area contributed by atoms with Gasteiger partial charge >= 0.3 is 0 Å². The number of rotatable bonds is 6. The van der Waals surface area contributed by atoms with E-state index in [-0.39, 0.29) is 10.9 Å². The topological polar surface area (TPSA) is 0 Å². The van der Waals surface area contributed by atoms with Gasteiger partial charge in [-0.3, -0.25) is 0 Å². The molecule has 3 aromatic rings. The molecule has 3 aliphatic rings. The third-order valence-electron chi connectivity index (χ3n) is 9.55. The summed E-state index contributed by atoms with van der Waals surface area (Å²) in [5, 5.41) is 0. The van der Waals surface area contributed by atoms with Gasteiger partial charge in [0.1, 0.15) is 10.9 Å². The van der Waals surface area contributed by atoms with Gasteiger partial charge in [-0.15, -0.1) is 0 Å². The van der Waals surface area contributed by atoms with E-state index in [0.717, 1.165) is 17.8 Å². The van der Waals surface area contributed by atoms with Crippen LogP contribution in [0.5, 0.6) is 0 Å². The molecule has 0 aliphatic heterocycles. The summed E-state index contributed by atoms with van der Waals surface area (Å²) in [5.41, 5.74) is 4.97. The summed E-state index contributed by atoms with van der Waals surface area (Å²) in [6.07, 6.45) is 20.8. The van der Waals surface area contributed by atoms with Crippen LogP contribution in [0.1, 0.15) is 131 Å². The molecule has 0 amide bonds. The summed E-state index contributed by atoms with van der Waals surface area (Å²) in [7, 11) is -0.0543. The van der Waals surface area contributed by atoms with Crippen LogP contribution in [0, 0.1) is 0 Å². The molecule has 0 atom stereocenters. The van der Waals surface area contributed by atoms with Gasteiger partial charge in [0.05, 0.1) is 0 Å². The van der Waals surface area contributed by atoms with Crippen molar-refractivity contribution in [1.29, 1.82) is 0 Å². The normalized spacial score (nSPS) is 20.4. The van der Waals surface area contributed by atoms with Crippen LogP contribution >= 0.6 is 0 Å². The largest absolute Gasteiger partial charge is 0.170 e. The molecule has 194 valence electrons. The van der Waals surface area contributed by atoms with Crippen molar-refractivity contribution in [1.82, 2.24) is 0 Å². The smallest absolute Gasteiger partial charge is 0.0616 e. The molecule has 0 bridgehead atoms. The van der Waals surface area contributed by atoms with Crippen LogP contribution in [0.2, 0.25) is 0 Å². The first-order chi connectivity index (χ1) is 18.4. The van der Waals surface area contributed by atoms with Crippen molar-refractivity contribution in [3.63, 3.8) is 0 Å². The quantitative estimate of drug-likeness (QED) is 0.290. The van der Waals surface area contributed by atoms with Crippen molar-refractivity contribution in [2.75, 3.05) is 0 Å². The Balaban J connectivity index is 1.53. The fourth-order valence-corrected chi connectivity index (χ4v) is 10.4. The third kappa shape index (κ3) is 5.58. The Labute approximate surface area is 228 Å². The fraction of sp³-hybridized carbons (Fsp3) is 0.500. The van der Waals surface area contributed by atoms with Gasteiger partial charge in [-0.25, -0.2) is 0 Å². The van der Waals surface area contributed by atoms with E-state index < -0.39 is 0 Å². The van der Waals surface area contributed by atoms with Crippen LogP contribution in [0.4, 0.5) is 0 Å². The lowest BCUT2D eigenvalue weighted by atomic mass is 9.84. The third-order valence-corrected chi connectivity index (χ3v) is 12.0. The molecular weight excluding hydrogens is 464 g/mol. The second-order valence-corrected chi connectivity index (χ2v) is 13.9. The number of hydrogen-bond donors (Lipinski definition) is 0. The zero-order chi connectivity index (χ0) is 24.9. The predicted molar refractivity (Wildman–Crippen MR) is 159 cm³/mol. The highest BCUT2D eigenvalue weighted by Gasteiger charge is 2.39. The highest BCUT2D eigenvalue weighted by Crippen LogP contribution is 2.47. The van der Waals surface area contributed by atoms with Gasteiger partial charge in [0.15, 0.2) is 14.7 Å². The van der Waals surface area contributed by atoms with Gasteiger partial charge < -0.3 is 0 Å². The van der Waals surface area contributed by atoms with Gasteiger partial charge in [-0.1, -0.05) is 112 Å². The van der Waals surface area contributed by atoms with Crippen LogP contribution in [0.25, 0.3) is 0 Å². The minimum atomic E-state index is -0.0543. The lowest BCUT2D eigenvalue weighted by Crippen LogP contribution is -2.18. The van der Waals surface area contributed by atoms with Gasteiger partial charge in [-0.05, 0) is 74.5 Å². The first-order valence-electron chi connectivity index (χ1n) is 15.4. The molecule has 0 N–H and O–H groups in total. The van der Waals surface area contributed by atoms with Gasteiger partial charge in [0, 0.05) is 16.7 Å². The molecule has 6 rings (SSSR count). The molecule has 0 saturated heterocycles. The van der Waals surface area contributed by atoms with E-state index >= 15 is 0 Å². The molecule has 3 aromatic carbocycles. The Morgan fingerprint density at radius 2 is 0.622 bits per heavy atom. The first kappa shape index (κ1) is 25.3. The molecule has 0 unspecified atom stereocenters. The van der Waals surface area contributed by atoms with E-state index in [0.29, 0.717) is 0 Å². The Morgan fingerprint density at radius 1 is 0.351 bits per heavy atom. The average Bonchev–Trinajstić information content (AvgIpc) is 2.99. The van der Waals surface area contributed by atoms with Crippen molar-refractivity contribution in [2.24, 2.45) is 0 Å².